The highest BCUT2D eigenvalue weighted by Gasteiger charge is 2.47. The summed E-state index contributed by atoms with van der Waals surface area (Å²) >= 11 is 0. The fourth-order valence-corrected chi connectivity index (χ4v) is 20.2. The van der Waals surface area contributed by atoms with Crippen LogP contribution in [0.15, 0.2) is 296 Å². The van der Waals surface area contributed by atoms with Gasteiger partial charge in [-0.15, -0.1) is 0 Å². The molecule has 5 nitrogen and oxygen atoms in total. The molecule has 612 valence electrons. The molecule has 0 spiro atoms. The Morgan fingerprint density at radius 3 is 0.847 bits per heavy atom. The van der Waals surface area contributed by atoms with Gasteiger partial charge >= 0.3 is 0 Å². The molecular weight excluding hydrogens is 1500 g/mol. The lowest BCUT2D eigenvalue weighted by Gasteiger charge is -2.47. The van der Waals surface area contributed by atoms with Crippen LogP contribution >= 0.6 is 0 Å². The molecule has 0 saturated heterocycles. The number of furan rings is 1. The Kier molecular flexibility index (Phi) is 17.4. The Labute approximate surface area is 732 Å². The summed E-state index contributed by atoms with van der Waals surface area (Å²) in [4.78, 5) is 5.58. The van der Waals surface area contributed by atoms with E-state index < -0.39 is 5.41 Å². The van der Waals surface area contributed by atoms with Gasteiger partial charge in [0.05, 0.1) is 33.4 Å². The molecule has 0 atom stereocenters. The molecule has 0 unspecified atom stereocenters. The van der Waals surface area contributed by atoms with E-state index in [4.69, 9.17) is 4.42 Å². The van der Waals surface area contributed by atoms with Crippen LogP contribution in [-0.4, -0.2) is 15.8 Å². The van der Waals surface area contributed by atoms with Crippen molar-refractivity contribution in [2.75, 3.05) is 9.80 Å². The van der Waals surface area contributed by atoms with Gasteiger partial charge in [-0.25, -0.2) is 0 Å². The van der Waals surface area contributed by atoms with Gasteiger partial charge in [0.1, 0.15) is 11.2 Å². The molecule has 18 aromatic rings. The van der Waals surface area contributed by atoms with Crippen molar-refractivity contribution in [3.63, 3.8) is 0 Å². The van der Waals surface area contributed by atoms with E-state index in [-0.39, 0.29) is 39.2 Å². The number of nitrogens with zero attached hydrogens (tertiary/aromatic N) is 4. The number of hydrogen-bond donors (Lipinski definition) is 0. The quantitative estimate of drug-likeness (QED) is 0.165. The Morgan fingerprint density at radius 2 is 0.516 bits per heavy atom. The molecule has 3 aliphatic heterocycles. The summed E-state index contributed by atoms with van der Waals surface area (Å²) in [5, 5.41) is 7.11. The maximum absolute atomic E-state index is 6.88. The summed E-state index contributed by atoms with van der Waals surface area (Å²) < 4.78 is 12.1. The van der Waals surface area contributed by atoms with Crippen molar-refractivity contribution in [1.82, 2.24) is 9.13 Å². The highest BCUT2D eigenvalue weighted by Crippen LogP contribution is 2.57. The average molecular weight is 1610 g/mol. The summed E-state index contributed by atoms with van der Waals surface area (Å²) in [6.45, 7) is 49.5. The van der Waals surface area contributed by atoms with Gasteiger partial charge in [0.15, 0.2) is 0 Å². The van der Waals surface area contributed by atoms with Gasteiger partial charge in [-0.1, -0.05) is 315 Å². The second kappa shape index (κ2) is 27.4. The zero-order valence-corrected chi connectivity index (χ0v) is 76.0. The van der Waals surface area contributed by atoms with Crippen molar-refractivity contribution >= 4 is 123 Å². The topological polar surface area (TPSA) is 29.5 Å². The molecule has 15 aromatic carbocycles. The van der Waals surface area contributed by atoms with Crippen molar-refractivity contribution in [3.8, 4) is 78.1 Å². The highest BCUT2D eigenvalue weighted by molar-refractivity contribution is 7.00. The van der Waals surface area contributed by atoms with Crippen LogP contribution in [0.1, 0.15) is 184 Å². The van der Waals surface area contributed by atoms with Gasteiger partial charge in [0.25, 0.3) is 6.71 Å². The number of fused-ring (bicyclic) bond motifs is 26. The summed E-state index contributed by atoms with van der Waals surface area (Å²) in [5.74, 6) is 0. The molecule has 3 aromatic heterocycles. The zero-order valence-electron chi connectivity index (χ0n) is 76.0. The molecule has 0 saturated carbocycles. The summed E-state index contributed by atoms with van der Waals surface area (Å²) in [7, 11) is 0. The van der Waals surface area contributed by atoms with Crippen LogP contribution in [0.5, 0.6) is 0 Å². The molecular formula is C118H111BN4O. The smallest absolute Gasteiger partial charge is 0.252 e. The van der Waals surface area contributed by atoms with Crippen molar-refractivity contribution in [3.05, 3.63) is 330 Å². The molecule has 3 aliphatic rings. The lowest BCUT2D eigenvalue weighted by atomic mass is 9.33. The number of anilines is 6. The van der Waals surface area contributed by atoms with E-state index in [1.54, 1.807) is 0 Å². The first-order valence-electron chi connectivity index (χ1n) is 44.8. The van der Waals surface area contributed by atoms with Gasteiger partial charge in [-0.05, 0) is 259 Å². The third kappa shape index (κ3) is 12.8. The van der Waals surface area contributed by atoms with E-state index in [1.165, 1.54) is 98.9 Å². The van der Waals surface area contributed by atoms with Crippen LogP contribution in [0.2, 0.25) is 0 Å². The first-order chi connectivity index (χ1) is 58.9. The highest BCUT2D eigenvalue weighted by atomic mass is 16.3. The fourth-order valence-electron chi connectivity index (χ4n) is 20.2. The molecule has 0 radical (unpaired) electrons. The lowest BCUT2D eigenvalue weighted by molar-refractivity contribution is 0.590. The van der Waals surface area contributed by atoms with Crippen molar-refractivity contribution < 1.29 is 4.42 Å². The van der Waals surface area contributed by atoms with Crippen LogP contribution in [0.25, 0.3) is 144 Å². The monoisotopic (exact) mass is 1610 g/mol. The van der Waals surface area contributed by atoms with Crippen LogP contribution in [-0.2, 0) is 37.9 Å². The van der Waals surface area contributed by atoms with Gasteiger partial charge in [-0.3, -0.25) is 0 Å². The Hall–Kier alpha value is -12.6. The fraction of sp³-hybridized carbons (Fsp3) is 0.237. The number of hydrogen-bond acceptors (Lipinski definition) is 3. The van der Waals surface area contributed by atoms with E-state index in [0.29, 0.717) is 0 Å². The normalized spacial score (nSPS) is 13.6. The Balaban J connectivity index is 0.989. The molecule has 6 heteroatoms. The maximum atomic E-state index is 6.88. The number of aromatic nitrogens is 2. The average Bonchev–Trinajstić information content (AvgIpc) is 0.710. The second-order valence-electron chi connectivity index (χ2n) is 43.1. The minimum atomic E-state index is -0.396. The molecule has 6 heterocycles. The third-order valence-corrected chi connectivity index (χ3v) is 27.5. The van der Waals surface area contributed by atoms with Crippen LogP contribution in [0.3, 0.4) is 0 Å². The Bertz CT molecular complexity index is 6940. The first kappa shape index (κ1) is 78.6. The standard InChI is InChI=1S/C118H111BN4O/c1-112(2,3)78-40-46-87-88-47-41-79(113(4,5)6)63-100(88)120(99(87)62-78)85-44-50-97-103(68-85)122-105-66-84(118(19,20)21)67-106-109(105)119(97)98-51-45-86(121-101-64-80(114(7,8)9)42-48-89(101)90-49-43-81(65-102(90)121)115(10,11)12)69-104(98)123(106)111-92(71-32-26-23-27-33-71)59-83(117(16,17)18)61-94(111)77-37-29-35-73(55-77)75-39-53-108-96(57-75)95-56-74(38-52-107(95)124-108)72-34-28-36-76(54-72)93-60-82(116(13,14)15)58-91(110(93)122)70-30-24-22-25-31-70/h22-69H,1-21H3. The summed E-state index contributed by atoms with van der Waals surface area (Å²) in [5.41, 5.74) is 40.2. The van der Waals surface area contributed by atoms with Crippen molar-refractivity contribution in [2.45, 2.75) is 183 Å². The Morgan fingerprint density at radius 1 is 0.218 bits per heavy atom. The summed E-state index contributed by atoms with van der Waals surface area (Å²) in [6, 6.07) is 115. The molecule has 0 aliphatic carbocycles. The third-order valence-electron chi connectivity index (χ3n) is 27.5. The van der Waals surface area contributed by atoms with E-state index >= 15 is 0 Å². The molecule has 13 bridgehead atoms. The SMILES string of the molecule is CC(C)(C)c1cc(-c2ccccc2)c2c(c1)-c1cccc(c1)-c1ccc3oc4ccc(cc4c3c1)-c1cccc(c1)-c1cc(C(C)(C)C)cc(-c3ccccc3)c1N1c3cc(-n4c5cc(C(C)(C)C)ccc5c5ccc(C(C)(C)C)cc54)ccc3B3c4ccc(-n5c6cc(C(C)(C)C)ccc6c6ccc(C(C)(C)C)cc65)cc4N2c2cc(C(C)(C)C)cc1c23. The van der Waals surface area contributed by atoms with Crippen molar-refractivity contribution in [2.24, 2.45) is 0 Å². The molecule has 0 fully saturated rings. The van der Waals surface area contributed by atoms with Crippen molar-refractivity contribution in [1.29, 1.82) is 0 Å². The van der Waals surface area contributed by atoms with E-state index in [0.717, 1.165) is 134 Å². The predicted molar refractivity (Wildman–Crippen MR) is 533 cm³/mol. The van der Waals surface area contributed by atoms with Gasteiger partial charge < -0.3 is 23.4 Å². The first-order valence-corrected chi connectivity index (χ1v) is 44.8. The second-order valence-corrected chi connectivity index (χ2v) is 43.1. The van der Waals surface area contributed by atoms with Crippen LogP contribution in [0, 0.1) is 0 Å². The molecule has 21 rings (SSSR count). The number of rotatable bonds is 4. The molecule has 124 heavy (non-hydrogen) atoms. The zero-order chi connectivity index (χ0) is 86.3. The van der Waals surface area contributed by atoms with Gasteiger partial charge in [0.2, 0.25) is 0 Å². The minimum absolute atomic E-state index is 0.125. The molecule has 0 amide bonds. The van der Waals surface area contributed by atoms with E-state index in [2.05, 4.69) is 456 Å². The van der Waals surface area contributed by atoms with Crippen LogP contribution < -0.4 is 26.2 Å². The largest absolute Gasteiger partial charge is 0.456 e. The lowest BCUT2D eigenvalue weighted by Crippen LogP contribution is -2.61. The molecule has 0 N–H and O–H groups in total. The van der Waals surface area contributed by atoms with Crippen LogP contribution in [0.4, 0.5) is 34.1 Å². The van der Waals surface area contributed by atoms with Gasteiger partial charge in [-0.2, -0.15) is 0 Å². The van der Waals surface area contributed by atoms with E-state index in [1.807, 2.05) is 0 Å². The minimum Gasteiger partial charge on any atom is -0.456 e. The maximum Gasteiger partial charge on any atom is 0.252 e. The number of benzene rings is 15. The van der Waals surface area contributed by atoms with Gasteiger partial charge in [0, 0.05) is 88.7 Å². The van der Waals surface area contributed by atoms with E-state index in [9.17, 15) is 0 Å². The summed E-state index contributed by atoms with van der Waals surface area (Å²) in [6.07, 6.45) is 0. The predicted octanol–water partition coefficient (Wildman–Crippen LogP) is 31.3.